The van der Waals surface area contributed by atoms with Crippen LogP contribution in [0.5, 0.6) is 0 Å². The van der Waals surface area contributed by atoms with Crippen molar-refractivity contribution < 1.29 is 9.59 Å². The largest absolute Gasteiger partial charge is 0.352 e. The number of nitrogens with zero attached hydrogens (tertiary/aromatic N) is 1. The molecule has 0 spiro atoms. The molecule has 166 valence electrons. The summed E-state index contributed by atoms with van der Waals surface area (Å²) < 4.78 is 0. The first kappa shape index (κ1) is 24.2. The Morgan fingerprint density at radius 2 is 1.48 bits per heavy atom. The molecule has 2 amide bonds. The minimum absolute atomic E-state index is 0.0965. The molecule has 1 atom stereocenters. The molecular formula is C23H24Cl4N2O2. The molecule has 1 fully saturated rings. The van der Waals surface area contributed by atoms with E-state index < -0.39 is 6.04 Å². The van der Waals surface area contributed by atoms with Crippen LogP contribution in [0, 0.1) is 0 Å². The van der Waals surface area contributed by atoms with E-state index in [0.29, 0.717) is 20.1 Å². The Labute approximate surface area is 202 Å². The van der Waals surface area contributed by atoms with Crippen LogP contribution in [-0.4, -0.2) is 28.8 Å². The van der Waals surface area contributed by atoms with E-state index in [-0.39, 0.29) is 30.8 Å². The molecule has 1 aliphatic carbocycles. The van der Waals surface area contributed by atoms with E-state index in [9.17, 15) is 9.59 Å². The Hall–Kier alpha value is -1.46. The molecule has 0 heterocycles. The molecule has 1 saturated carbocycles. The van der Waals surface area contributed by atoms with Gasteiger partial charge in [-0.3, -0.25) is 9.59 Å². The van der Waals surface area contributed by atoms with Crippen molar-refractivity contribution in [2.45, 2.75) is 57.7 Å². The fourth-order valence-corrected chi connectivity index (χ4v) is 4.38. The first-order chi connectivity index (χ1) is 14.7. The fraction of sp³-hybridized carbons (Fsp3) is 0.391. The van der Waals surface area contributed by atoms with E-state index in [4.69, 9.17) is 46.4 Å². The van der Waals surface area contributed by atoms with Gasteiger partial charge in [-0.15, -0.1) is 0 Å². The van der Waals surface area contributed by atoms with Crippen LogP contribution < -0.4 is 5.32 Å². The van der Waals surface area contributed by atoms with Crippen molar-refractivity contribution in [3.63, 3.8) is 0 Å². The zero-order valence-electron chi connectivity index (χ0n) is 17.1. The minimum Gasteiger partial charge on any atom is -0.352 e. The first-order valence-corrected chi connectivity index (χ1v) is 11.7. The number of hydrogen-bond acceptors (Lipinski definition) is 2. The van der Waals surface area contributed by atoms with Crippen LogP contribution in [0.25, 0.3) is 0 Å². The van der Waals surface area contributed by atoms with Crippen LogP contribution in [0.3, 0.4) is 0 Å². The maximum atomic E-state index is 13.3. The Bertz CT molecular complexity index is 961. The van der Waals surface area contributed by atoms with Gasteiger partial charge < -0.3 is 10.2 Å². The molecule has 8 heteroatoms. The monoisotopic (exact) mass is 500 g/mol. The fourth-order valence-electron chi connectivity index (χ4n) is 3.74. The maximum Gasteiger partial charge on any atom is 0.242 e. The second-order valence-corrected chi connectivity index (χ2v) is 9.49. The van der Waals surface area contributed by atoms with E-state index in [1.54, 1.807) is 48.2 Å². The van der Waals surface area contributed by atoms with Crippen molar-refractivity contribution >= 4 is 58.2 Å². The number of hydrogen-bond donors (Lipinski definition) is 1. The molecule has 3 rings (SSSR count). The number of carbonyl (C=O) groups excluding carboxylic acids is 2. The second-order valence-electron chi connectivity index (χ2n) is 7.86. The zero-order valence-corrected chi connectivity index (χ0v) is 20.2. The minimum atomic E-state index is -0.648. The summed E-state index contributed by atoms with van der Waals surface area (Å²) in [7, 11) is 0. The molecule has 1 unspecified atom stereocenters. The summed E-state index contributed by atoms with van der Waals surface area (Å²) in [5.74, 6) is -0.354. The Kier molecular flexibility index (Phi) is 8.51. The van der Waals surface area contributed by atoms with Gasteiger partial charge in [-0.25, -0.2) is 0 Å². The topological polar surface area (TPSA) is 49.4 Å². The van der Waals surface area contributed by atoms with E-state index in [1.165, 1.54) is 0 Å². The number of nitrogens with one attached hydrogen (secondary N) is 1. The third kappa shape index (κ3) is 6.52. The first-order valence-electron chi connectivity index (χ1n) is 10.2. The van der Waals surface area contributed by atoms with Crippen LogP contribution in [0.1, 0.15) is 43.7 Å². The van der Waals surface area contributed by atoms with E-state index in [0.717, 1.165) is 36.8 Å². The molecule has 4 nitrogen and oxygen atoms in total. The maximum absolute atomic E-state index is 13.3. The smallest absolute Gasteiger partial charge is 0.242 e. The lowest BCUT2D eigenvalue weighted by molar-refractivity contribution is -0.140. The molecule has 0 bridgehead atoms. The van der Waals surface area contributed by atoms with Crippen LogP contribution in [0.15, 0.2) is 36.4 Å². The third-order valence-electron chi connectivity index (χ3n) is 5.55. The van der Waals surface area contributed by atoms with Gasteiger partial charge in [0.1, 0.15) is 6.04 Å². The van der Waals surface area contributed by atoms with Gasteiger partial charge in [0, 0.05) is 12.6 Å². The van der Waals surface area contributed by atoms with Crippen molar-refractivity contribution in [3.05, 3.63) is 67.6 Å². The lowest BCUT2D eigenvalue weighted by Crippen LogP contribution is -2.50. The van der Waals surface area contributed by atoms with Gasteiger partial charge in [-0.1, -0.05) is 71.4 Å². The van der Waals surface area contributed by atoms with Gasteiger partial charge in [-0.2, -0.15) is 0 Å². The Morgan fingerprint density at radius 3 is 2.06 bits per heavy atom. The van der Waals surface area contributed by atoms with Crippen LogP contribution in [0.2, 0.25) is 20.1 Å². The highest BCUT2D eigenvalue weighted by atomic mass is 35.5. The molecule has 2 aromatic rings. The van der Waals surface area contributed by atoms with Crippen molar-refractivity contribution in [1.82, 2.24) is 10.2 Å². The average molecular weight is 502 g/mol. The summed E-state index contributed by atoms with van der Waals surface area (Å²) in [6.07, 6.45) is 4.27. The predicted molar refractivity (Wildman–Crippen MR) is 127 cm³/mol. The van der Waals surface area contributed by atoms with Crippen LogP contribution in [0.4, 0.5) is 0 Å². The van der Waals surface area contributed by atoms with Crippen molar-refractivity contribution in [1.29, 1.82) is 0 Å². The lowest BCUT2D eigenvalue weighted by atomic mass is 10.1. The summed E-state index contributed by atoms with van der Waals surface area (Å²) in [5.41, 5.74) is 1.51. The predicted octanol–water partition coefficient (Wildman–Crippen LogP) is 6.32. The summed E-state index contributed by atoms with van der Waals surface area (Å²) in [6, 6.07) is 9.81. The van der Waals surface area contributed by atoms with Gasteiger partial charge in [-0.05, 0) is 55.2 Å². The molecule has 0 radical (unpaired) electrons. The molecular weight excluding hydrogens is 478 g/mol. The highest BCUT2D eigenvalue weighted by Crippen LogP contribution is 2.26. The van der Waals surface area contributed by atoms with Crippen molar-refractivity contribution in [2.75, 3.05) is 0 Å². The molecule has 0 saturated heterocycles. The molecule has 2 aromatic carbocycles. The molecule has 0 aromatic heterocycles. The summed E-state index contributed by atoms with van der Waals surface area (Å²) >= 11 is 24.3. The van der Waals surface area contributed by atoms with Crippen LogP contribution >= 0.6 is 46.4 Å². The number of benzene rings is 2. The second kappa shape index (κ2) is 10.9. The van der Waals surface area contributed by atoms with Gasteiger partial charge in [0.25, 0.3) is 0 Å². The normalized spacial score (nSPS) is 15.0. The highest BCUT2D eigenvalue weighted by Gasteiger charge is 2.28. The van der Waals surface area contributed by atoms with Gasteiger partial charge in [0.05, 0.1) is 26.5 Å². The molecule has 1 N–H and O–H groups in total. The summed E-state index contributed by atoms with van der Waals surface area (Å²) in [6.45, 7) is 1.98. The summed E-state index contributed by atoms with van der Waals surface area (Å²) in [4.78, 5) is 27.7. The van der Waals surface area contributed by atoms with E-state index in [2.05, 4.69) is 5.32 Å². The summed E-state index contributed by atoms with van der Waals surface area (Å²) in [5, 5.41) is 4.73. The van der Waals surface area contributed by atoms with E-state index >= 15 is 0 Å². The molecule has 0 aliphatic heterocycles. The number of amides is 2. The van der Waals surface area contributed by atoms with Gasteiger partial charge in [0.2, 0.25) is 11.8 Å². The SMILES string of the molecule is CC(C(=O)NC1CCCC1)N(Cc1ccc(Cl)c(Cl)c1)C(=O)Cc1ccc(Cl)c(Cl)c1. The van der Waals surface area contributed by atoms with E-state index in [1.807, 2.05) is 0 Å². The highest BCUT2D eigenvalue weighted by molar-refractivity contribution is 6.42. The quantitative estimate of drug-likeness (QED) is 0.482. The Balaban J connectivity index is 1.80. The Morgan fingerprint density at radius 1 is 0.935 bits per heavy atom. The average Bonchev–Trinajstić information content (AvgIpc) is 3.24. The number of rotatable bonds is 7. The van der Waals surface area contributed by atoms with Gasteiger partial charge in [0.15, 0.2) is 0 Å². The molecule has 1 aliphatic rings. The molecule has 31 heavy (non-hydrogen) atoms. The number of carbonyl (C=O) groups is 2. The van der Waals surface area contributed by atoms with Gasteiger partial charge >= 0.3 is 0 Å². The van der Waals surface area contributed by atoms with Crippen molar-refractivity contribution in [2.24, 2.45) is 0 Å². The number of halogens is 4. The third-order valence-corrected chi connectivity index (χ3v) is 7.02. The van der Waals surface area contributed by atoms with Crippen molar-refractivity contribution in [3.8, 4) is 0 Å². The van der Waals surface area contributed by atoms with Crippen LogP contribution in [-0.2, 0) is 22.6 Å². The lowest BCUT2D eigenvalue weighted by Gasteiger charge is -2.30. The zero-order chi connectivity index (χ0) is 22.5. The standard InChI is InChI=1S/C23H24Cl4N2O2/c1-14(23(31)28-17-4-2-3-5-17)29(13-16-7-9-19(25)21(27)11-16)22(30)12-15-6-8-18(24)20(26)10-15/h6-11,14,17H,2-5,12-13H2,1H3,(H,28,31).